The second-order valence-corrected chi connectivity index (χ2v) is 11.2. The number of ether oxygens (including phenoxy) is 1. The number of carbonyl (C=O) groups excluding carboxylic acids is 1. The van der Waals surface area contributed by atoms with Crippen LogP contribution in [0.4, 0.5) is 17.6 Å². The molecule has 4 rings (SSSR count). The molecule has 2 aromatic carbocycles. The number of amides is 1. The number of sulfone groups is 1. The van der Waals surface area contributed by atoms with Crippen LogP contribution in [0.2, 0.25) is 0 Å². The highest BCUT2D eigenvalue weighted by atomic mass is 32.2. The van der Waals surface area contributed by atoms with Crippen LogP contribution in [-0.2, 0) is 25.5 Å². The number of alkyl halides is 3. The van der Waals surface area contributed by atoms with Crippen molar-refractivity contribution in [1.82, 2.24) is 10.2 Å². The molecule has 0 bridgehead atoms. The second-order valence-electron chi connectivity index (χ2n) is 9.14. The van der Waals surface area contributed by atoms with Gasteiger partial charge in [0.15, 0.2) is 9.84 Å². The van der Waals surface area contributed by atoms with Crippen LogP contribution >= 0.6 is 0 Å². The lowest BCUT2D eigenvalue weighted by Gasteiger charge is -2.36. The van der Waals surface area contributed by atoms with Crippen LogP contribution in [-0.4, -0.2) is 56.4 Å². The Morgan fingerprint density at radius 3 is 2.47 bits per heavy atom. The quantitative estimate of drug-likeness (QED) is 0.534. The number of hydrogen-bond acceptors (Lipinski definition) is 6. The first-order valence-corrected chi connectivity index (χ1v) is 13.2. The predicted octanol–water partition coefficient (Wildman–Crippen LogP) is 3.21. The molecule has 2 fully saturated rings. The molecule has 2 saturated heterocycles. The summed E-state index contributed by atoms with van der Waals surface area (Å²) in [6, 6.07) is 6.86. The third-order valence-corrected chi connectivity index (χ3v) is 7.70. The van der Waals surface area contributed by atoms with Crippen LogP contribution in [0.5, 0.6) is 0 Å². The standard InChI is InChI=1S/C24H26F4N2O5S/c1-36(33,34)17-5-2-4-15(10-17)23(32)30-9-3-6-20(30)22(31)29-21(16-12-35-13-16)14-7-8-18(19(25)11-14)24(26,27)28/h2,4-5,7-8,10-11,16,20-21,23,32H,3,6,9,12-13H2,1H3,(H,29,31)/t20-,21+,23?/m1/s1. The molecule has 196 valence electrons. The number of aliphatic hydroxyl groups is 1. The molecular weight excluding hydrogens is 504 g/mol. The minimum absolute atomic E-state index is 0.0358. The Labute approximate surface area is 206 Å². The average Bonchev–Trinajstić information content (AvgIpc) is 3.25. The molecule has 36 heavy (non-hydrogen) atoms. The lowest BCUT2D eigenvalue weighted by molar-refractivity contribution is -0.140. The summed E-state index contributed by atoms with van der Waals surface area (Å²) in [5.41, 5.74) is -0.887. The maximum absolute atomic E-state index is 14.3. The fourth-order valence-electron chi connectivity index (χ4n) is 4.58. The number of rotatable bonds is 7. The van der Waals surface area contributed by atoms with Gasteiger partial charge in [-0.05, 0) is 48.2 Å². The molecular formula is C24H26F4N2O5S. The largest absolute Gasteiger partial charge is 0.419 e. The molecule has 0 spiro atoms. The predicted molar refractivity (Wildman–Crippen MR) is 121 cm³/mol. The fourth-order valence-corrected chi connectivity index (χ4v) is 5.26. The number of benzene rings is 2. The lowest BCUT2D eigenvalue weighted by atomic mass is 9.90. The van der Waals surface area contributed by atoms with Crippen molar-refractivity contribution in [2.24, 2.45) is 5.92 Å². The zero-order chi connectivity index (χ0) is 26.3. The van der Waals surface area contributed by atoms with Gasteiger partial charge in [0.2, 0.25) is 5.91 Å². The second kappa shape index (κ2) is 10.1. The van der Waals surface area contributed by atoms with E-state index in [-0.39, 0.29) is 29.6 Å². The van der Waals surface area contributed by atoms with Gasteiger partial charge in [0.25, 0.3) is 0 Å². The smallest absolute Gasteiger partial charge is 0.381 e. The van der Waals surface area contributed by atoms with E-state index in [0.717, 1.165) is 18.4 Å². The highest BCUT2D eigenvalue weighted by molar-refractivity contribution is 7.90. The van der Waals surface area contributed by atoms with Gasteiger partial charge in [-0.2, -0.15) is 13.2 Å². The summed E-state index contributed by atoms with van der Waals surface area (Å²) in [6.45, 7) is 0.875. The van der Waals surface area contributed by atoms with Crippen molar-refractivity contribution in [3.63, 3.8) is 0 Å². The van der Waals surface area contributed by atoms with E-state index in [0.29, 0.717) is 31.0 Å². The molecule has 1 unspecified atom stereocenters. The first-order valence-electron chi connectivity index (χ1n) is 11.3. The molecule has 7 nitrogen and oxygen atoms in total. The van der Waals surface area contributed by atoms with Gasteiger partial charge in [-0.25, -0.2) is 12.8 Å². The van der Waals surface area contributed by atoms with Crippen LogP contribution in [0.1, 0.15) is 41.8 Å². The molecule has 0 aromatic heterocycles. The van der Waals surface area contributed by atoms with E-state index in [2.05, 4.69) is 5.32 Å². The third-order valence-electron chi connectivity index (χ3n) is 6.59. The summed E-state index contributed by atoms with van der Waals surface area (Å²) in [7, 11) is -3.50. The van der Waals surface area contributed by atoms with Gasteiger partial charge in [0, 0.05) is 18.7 Å². The number of nitrogens with one attached hydrogen (secondary N) is 1. The zero-order valence-electron chi connectivity index (χ0n) is 19.3. The minimum Gasteiger partial charge on any atom is -0.381 e. The van der Waals surface area contributed by atoms with E-state index in [1.807, 2.05) is 0 Å². The molecule has 1 amide bonds. The van der Waals surface area contributed by atoms with Gasteiger partial charge in [-0.15, -0.1) is 0 Å². The van der Waals surface area contributed by atoms with Crippen LogP contribution < -0.4 is 5.32 Å². The number of aliphatic hydroxyl groups excluding tert-OH is 1. The van der Waals surface area contributed by atoms with Crippen molar-refractivity contribution in [3.05, 3.63) is 65.0 Å². The number of halogens is 4. The average molecular weight is 531 g/mol. The van der Waals surface area contributed by atoms with Crippen LogP contribution in [0.15, 0.2) is 47.4 Å². The number of nitrogens with zero attached hydrogens (tertiary/aromatic N) is 1. The van der Waals surface area contributed by atoms with Crippen LogP contribution in [0.25, 0.3) is 0 Å². The normalized spacial score (nSPS) is 21.1. The van der Waals surface area contributed by atoms with Crippen molar-refractivity contribution in [2.45, 2.75) is 42.2 Å². The first kappa shape index (κ1) is 26.5. The van der Waals surface area contributed by atoms with Crippen molar-refractivity contribution >= 4 is 15.7 Å². The summed E-state index contributed by atoms with van der Waals surface area (Å²) >= 11 is 0. The number of likely N-dealkylation sites (tertiary alicyclic amines) is 1. The van der Waals surface area contributed by atoms with E-state index in [1.54, 1.807) is 11.0 Å². The Morgan fingerprint density at radius 1 is 1.17 bits per heavy atom. The van der Waals surface area contributed by atoms with Crippen molar-refractivity contribution in [3.8, 4) is 0 Å². The van der Waals surface area contributed by atoms with Gasteiger partial charge in [0.05, 0.1) is 35.8 Å². The summed E-state index contributed by atoms with van der Waals surface area (Å²) in [6.07, 6.45) is -4.04. The van der Waals surface area contributed by atoms with E-state index < -0.39 is 51.6 Å². The Bertz CT molecular complexity index is 1230. The van der Waals surface area contributed by atoms with Gasteiger partial charge >= 0.3 is 6.18 Å². The molecule has 0 saturated carbocycles. The Kier molecular flexibility index (Phi) is 7.42. The Balaban J connectivity index is 1.55. The highest BCUT2D eigenvalue weighted by Crippen LogP contribution is 2.36. The van der Waals surface area contributed by atoms with E-state index >= 15 is 0 Å². The van der Waals surface area contributed by atoms with E-state index in [9.17, 15) is 35.9 Å². The molecule has 0 aliphatic carbocycles. The van der Waals surface area contributed by atoms with Crippen molar-refractivity contribution in [1.29, 1.82) is 0 Å². The highest BCUT2D eigenvalue weighted by Gasteiger charge is 2.40. The maximum atomic E-state index is 14.3. The third kappa shape index (κ3) is 5.56. The monoisotopic (exact) mass is 530 g/mol. The maximum Gasteiger partial charge on any atom is 0.419 e. The lowest BCUT2D eigenvalue weighted by Crippen LogP contribution is -2.49. The summed E-state index contributed by atoms with van der Waals surface area (Å²) < 4.78 is 82.2. The molecule has 3 atom stereocenters. The fraction of sp³-hybridized carbons (Fsp3) is 0.458. The minimum atomic E-state index is -4.84. The SMILES string of the molecule is CS(=O)(=O)c1cccc(C(O)N2CCC[C@@H]2C(=O)N[C@@H](c2ccc(C(F)(F)F)c(F)c2)C2COC2)c1. The molecule has 12 heteroatoms. The van der Waals surface area contributed by atoms with Gasteiger partial charge in [0.1, 0.15) is 12.0 Å². The van der Waals surface area contributed by atoms with Gasteiger partial charge < -0.3 is 15.2 Å². The topological polar surface area (TPSA) is 95.9 Å². The molecule has 0 radical (unpaired) electrons. The summed E-state index contributed by atoms with van der Waals surface area (Å²) in [5.74, 6) is -2.15. The Hall–Kier alpha value is -2.54. The summed E-state index contributed by atoms with van der Waals surface area (Å²) in [5, 5.41) is 13.8. The van der Waals surface area contributed by atoms with Gasteiger partial charge in [-0.3, -0.25) is 9.69 Å². The number of carbonyl (C=O) groups is 1. The van der Waals surface area contributed by atoms with E-state index in [1.165, 1.54) is 18.2 Å². The van der Waals surface area contributed by atoms with Gasteiger partial charge in [-0.1, -0.05) is 18.2 Å². The zero-order valence-corrected chi connectivity index (χ0v) is 20.2. The van der Waals surface area contributed by atoms with Crippen molar-refractivity contribution in [2.75, 3.05) is 26.0 Å². The van der Waals surface area contributed by atoms with E-state index in [4.69, 9.17) is 4.74 Å². The molecule has 2 aliphatic heterocycles. The van der Waals surface area contributed by atoms with Crippen LogP contribution in [0.3, 0.4) is 0 Å². The molecule has 2 N–H and O–H groups in total. The van der Waals surface area contributed by atoms with Crippen molar-refractivity contribution < 1.29 is 40.6 Å². The molecule has 2 aromatic rings. The molecule has 2 aliphatic rings. The molecule has 2 heterocycles. The summed E-state index contributed by atoms with van der Waals surface area (Å²) in [4.78, 5) is 14.9. The first-order chi connectivity index (χ1) is 16.9. The number of hydrogen-bond donors (Lipinski definition) is 2. The van der Waals surface area contributed by atoms with Crippen LogP contribution in [0, 0.1) is 11.7 Å². The Morgan fingerprint density at radius 2 is 1.89 bits per heavy atom.